The van der Waals surface area contributed by atoms with Crippen LogP contribution in [0.2, 0.25) is 0 Å². The number of aliphatic carboxylic acids is 1. The lowest BCUT2D eigenvalue weighted by molar-refractivity contribution is -0.144. The minimum Gasteiger partial charge on any atom is -0.481 e. The molecule has 0 radical (unpaired) electrons. The first kappa shape index (κ1) is 14.3. The summed E-state index contributed by atoms with van der Waals surface area (Å²) in [5.74, 6) is -2.60. The number of carboxylic acids is 1. The van der Waals surface area contributed by atoms with Crippen LogP contribution in [0.1, 0.15) is 25.7 Å². The van der Waals surface area contributed by atoms with Crippen LogP contribution in [0, 0.1) is 5.92 Å². The summed E-state index contributed by atoms with van der Waals surface area (Å²) in [7, 11) is 0. The smallest absolute Gasteiger partial charge is 0.318 e. The number of hydrogen-bond donors (Lipinski definition) is 3. The molecule has 4 amide bonds. The number of carbonyl (C=O) groups excluding carboxylic acids is 3. The van der Waals surface area contributed by atoms with Crippen LogP contribution in [0.3, 0.4) is 0 Å². The second-order valence-electron chi connectivity index (χ2n) is 5.11. The molecule has 0 aromatic carbocycles. The van der Waals surface area contributed by atoms with Gasteiger partial charge in [-0.2, -0.15) is 0 Å². The minimum absolute atomic E-state index is 0.192. The molecule has 1 aliphatic carbocycles. The van der Waals surface area contributed by atoms with Crippen LogP contribution < -0.4 is 10.6 Å². The number of hydrogen-bond acceptors (Lipinski definition) is 4. The lowest BCUT2D eigenvalue weighted by Crippen LogP contribution is -2.58. The first-order chi connectivity index (χ1) is 9.47. The fourth-order valence-electron chi connectivity index (χ4n) is 2.63. The number of piperazine rings is 1. The van der Waals surface area contributed by atoms with Crippen LogP contribution in [-0.4, -0.2) is 53.0 Å². The highest BCUT2D eigenvalue weighted by Gasteiger charge is 2.34. The van der Waals surface area contributed by atoms with Crippen molar-refractivity contribution in [2.24, 2.45) is 5.92 Å². The zero-order chi connectivity index (χ0) is 14.7. The number of nitrogens with zero attached hydrogens (tertiary/aromatic N) is 1. The Morgan fingerprint density at radius 1 is 1.15 bits per heavy atom. The van der Waals surface area contributed by atoms with Crippen LogP contribution in [0.15, 0.2) is 0 Å². The number of carboxylic acid groups (broad SMARTS) is 1. The number of carbonyl (C=O) groups is 4. The molecule has 20 heavy (non-hydrogen) atoms. The Kier molecular flexibility index (Phi) is 4.21. The number of nitrogens with one attached hydrogen (secondary N) is 2. The fourth-order valence-corrected chi connectivity index (χ4v) is 2.63. The van der Waals surface area contributed by atoms with E-state index in [0.717, 1.165) is 17.7 Å². The number of urea groups is 1. The van der Waals surface area contributed by atoms with Crippen LogP contribution >= 0.6 is 0 Å². The molecular formula is C12H17N3O5. The second-order valence-corrected chi connectivity index (χ2v) is 5.11. The monoisotopic (exact) mass is 283 g/mol. The van der Waals surface area contributed by atoms with Gasteiger partial charge >= 0.3 is 12.0 Å². The maximum absolute atomic E-state index is 12.0. The third-order valence-electron chi connectivity index (χ3n) is 3.63. The van der Waals surface area contributed by atoms with E-state index in [1.807, 2.05) is 0 Å². The Morgan fingerprint density at radius 3 is 2.35 bits per heavy atom. The third-order valence-corrected chi connectivity index (χ3v) is 3.63. The van der Waals surface area contributed by atoms with Gasteiger partial charge in [-0.25, -0.2) is 4.79 Å². The molecule has 8 heteroatoms. The van der Waals surface area contributed by atoms with Crippen LogP contribution in [-0.2, 0) is 14.4 Å². The zero-order valence-electron chi connectivity index (χ0n) is 10.9. The molecule has 2 unspecified atom stereocenters. The van der Waals surface area contributed by atoms with Gasteiger partial charge in [0.05, 0.1) is 5.92 Å². The molecule has 0 aromatic heterocycles. The van der Waals surface area contributed by atoms with Gasteiger partial charge in [0, 0.05) is 6.04 Å². The fraction of sp³-hybridized carbons (Fsp3) is 0.667. The standard InChI is InChI=1S/C12H17N3O5/c16-9-5-15(6-10(17)14-9)12(20)13-8-4-2-1-3-7(8)11(18)19/h7-8H,1-6H2,(H,13,20)(H,18,19)(H,14,16,17). The topological polar surface area (TPSA) is 116 Å². The Labute approximate surface area is 115 Å². The molecule has 2 atom stereocenters. The maximum atomic E-state index is 12.0. The summed E-state index contributed by atoms with van der Waals surface area (Å²) in [6.07, 6.45) is 2.80. The second kappa shape index (κ2) is 5.89. The predicted molar refractivity (Wildman–Crippen MR) is 66.6 cm³/mol. The van der Waals surface area contributed by atoms with E-state index in [0.29, 0.717) is 12.8 Å². The summed E-state index contributed by atoms with van der Waals surface area (Å²) >= 11 is 0. The SMILES string of the molecule is O=C1CN(C(=O)NC2CCCCC2C(=O)O)CC(=O)N1. The molecule has 1 aliphatic heterocycles. The molecule has 110 valence electrons. The van der Waals surface area contributed by atoms with Gasteiger partial charge in [-0.1, -0.05) is 12.8 Å². The zero-order valence-corrected chi connectivity index (χ0v) is 10.9. The molecule has 0 aromatic rings. The Balaban J connectivity index is 1.97. The molecule has 3 N–H and O–H groups in total. The highest BCUT2D eigenvalue weighted by atomic mass is 16.4. The summed E-state index contributed by atoms with van der Waals surface area (Å²) in [5.41, 5.74) is 0. The number of rotatable bonds is 2. The van der Waals surface area contributed by atoms with Crippen molar-refractivity contribution in [3.63, 3.8) is 0 Å². The first-order valence-electron chi connectivity index (χ1n) is 6.58. The average molecular weight is 283 g/mol. The minimum atomic E-state index is -0.928. The van der Waals surface area contributed by atoms with Gasteiger partial charge in [-0.3, -0.25) is 19.7 Å². The van der Waals surface area contributed by atoms with E-state index in [2.05, 4.69) is 10.6 Å². The van der Waals surface area contributed by atoms with Crippen molar-refractivity contribution in [3.8, 4) is 0 Å². The van der Waals surface area contributed by atoms with Crippen molar-refractivity contribution in [1.82, 2.24) is 15.5 Å². The van der Waals surface area contributed by atoms with Crippen molar-refractivity contribution >= 4 is 23.8 Å². The van der Waals surface area contributed by atoms with Gasteiger partial charge in [0.1, 0.15) is 13.1 Å². The van der Waals surface area contributed by atoms with E-state index in [1.165, 1.54) is 0 Å². The van der Waals surface area contributed by atoms with E-state index in [-0.39, 0.29) is 13.1 Å². The van der Waals surface area contributed by atoms with Crippen LogP contribution in [0.25, 0.3) is 0 Å². The van der Waals surface area contributed by atoms with E-state index < -0.39 is 35.8 Å². The molecule has 1 heterocycles. The summed E-state index contributed by atoms with van der Waals surface area (Å²) in [5, 5.41) is 13.9. The van der Waals surface area contributed by atoms with Crippen molar-refractivity contribution in [1.29, 1.82) is 0 Å². The summed E-state index contributed by atoms with van der Waals surface area (Å²) in [6.45, 7) is -0.385. The quantitative estimate of drug-likeness (QED) is 0.579. The van der Waals surface area contributed by atoms with Crippen LogP contribution in [0.5, 0.6) is 0 Å². The predicted octanol–water partition coefficient (Wildman–Crippen LogP) is -0.702. The van der Waals surface area contributed by atoms with Gasteiger partial charge in [0.2, 0.25) is 11.8 Å². The first-order valence-corrected chi connectivity index (χ1v) is 6.58. The molecule has 1 saturated heterocycles. The van der Waals surface area contributed by atoms with Gasteiger partial charge in [-0.15, -0.1) is 0 Å². The number of amides is 4. The Hall–Kier alpha value is -2.12. The van der Waals surface area contributed by atoms with Gasteiger partial charge < -0.3 is 15.3 Å². The van der Waals surface area contributed by atoms with E-state index in [9.17, 15) is 19.2 Å². The number of imide groups is 1. The van der Waals surface area contributed by atoms with Crippen molar-refractivity contribution in [3.05, 3.63) is 0 Å². The van der Waals surface area contributed by atoms with Crippen molar-refractivity contribution in [2.45, 2.75) is 31.7 Å². The summed E-state index contributed by atoms with van der Waals surface area (Å²) < 4.78 is 0. The highest BCUT2D eigenvalue weighted by molar-refractivity contribution is 6.02. The van der Waals surface area contributed by atoms with Crippen molar-refractivity contribution < 1.29 is 24.3 Å². The lowest BCUT2D eigenvalue weighted by Gasteiger charge is -2.32. The van der Waals surface area contributed by atoms with Gasteiger partial charge in [0.15, 0.2) is 0 Å². The van der Waals surface area contributed by atoms with Crippen molar-refractivity contribution in [2.75, 3.05) is 13.1 Å². The molecular weight excluding hydrogens is 266 g/mol. The maximum Gasteiger partial charge on any atom is 0.318 e. The summed E-state index contributed by atoms with van der Waals surface area (Å²) in [4.78, 5) is 46.7. The molecule has 0 bridgehead atoms. The third kappa shape index (κ3) is 3.25. The van der Waals surface area contributed by atoms with Crippen LogP contribution in [0.4, 0.5) is 4.79 Å². The molecule has 2 aliphatic rings. The molecule has 2 rings (SSSR count). The van der Waals surface area contributed by atoms with E-state index in [1.54, 1.807) is 0 Å². The Morgan fingerprint density at radius 2 is 1.75 bits per heavy atom. The highest BCUT2D eigenvalue weighted by Crippen LogP contribution is 2.24. The average Bonchev–Trinajstić information content (AvgIpc) is 2.37. The van der Waals surface area contributed by atoms with Gasteiger partial charge in [0.25, 0.3) is 0 Å². The normalized spacial score (nSPS) is 26.9. The molecule has 0 spiro atoms. The Bertz CT molecular complexity index is 434. The molecule has 1 saturated carbocycles. The van der Waals surface area contributed by atoms with E-state index in [4.69, 9.17) is 5.11 Å². The summed E-state index contributed by atoms with van der Waals surface area (Å²) in [6, 6.07) is -1.01. The largest absolute Gasteiger partial charge is 0.481 e. The van der Waals surface area contributed by atoms with Gasteiger partial charge in [-0.05, 0) is 12.8 Å². The van der Waals surface area contributed by atoms with E-state index >= 15 is 0 Å². The molecule has 8 nitrogen and oxygen atoms in total. The molecule has 2 fully saturated rings. The lowest BCUT2D eigenvalue weighted by atomic mass is 9.84.